The zero-order valence-electron chi connectivity index (χ0n) is 9.60. The van der Waals surface area contributed by atoms with E-state index in [0.717, 1.165) is 36.4 Å². The van der Waals surface area contributed by atoms with Crippen LogP contribution >= 0.6 is 11.3 Å². The van der Waals surface area contributed by atoms with Crippen molar-refractivity contribution in [3.8, 4) is 0 Å². The van der Waals surface area contributed by atoms with Crippen LogP contribution in [0, 0.1) is 0 Å². The molecule has 0 aromatic carbocycles. The summed E-state index contributed by atoms with van der Waals surface area (Å²) in [6.45, 7) is 2.84. The zero-order valence-corrected chi connectivity index (χ0v) is 10.4. The van der Waals surface area contributed by atoms with E-state index in [2.05, 4.69) is 10.3 Å². The molecule has 1 aliphatic rings. The van der Waals surface area contributed by atoms with Crippen LogP contribution in [0.2, 0.25) is 0 Å². The Kier molecular flexibility index (Phi) is 3.73. The quantitative estimate of drug-likeness (QED) is 0.906. The number of nitrogens with zero attached hydrogens (tertiary/aromatic N) is 1. The Hall–Kier alpha value is -0.620. The molecule has 1 aromatic rings. The highest BCUT2D eigenvalue weighted by Crippen LogP contribution is 2.35. The molecule has 0 spiro atoms. The Balaban J connectivity index is 2.18. The molecule has 6 heteroatoms. The average molecular weight is 264 g/mol. The molecule has 0 radical (unpaired) electrons. The summed E-state index contributed by atoms with van der Waals surface area (Å²) in [5.74, 6) is 0. The molecule has 0 bridgehead atoms. The van der Waals surface area contributed by atoms with Gasteiger partial charge in [-0.1, -0.05) is 6.92 Å². The molecule has 96 valence electrons. The van der Waals surface area contributed by atoms with Gasteiger partial charge >= 0.3 is 6.18 Å². The van der Waals surface area contributed by atoms with Gasteiger partial charge < -0.3 is 5.32 Å². The first-order valence-corrected chi connectivity index (χ1v) is 6.60. The summed E-state index contributed by atoms with van der Waals surface area (Å²) in [4.78, 5) is 5.14. The van der Waals surface area contributed by atoms with Crippen molar-refractivity contribution in [2.24, 2.45) is 0 Å². The van der Waals surface area contributed by atoms with Gasteiger partial charge in [-0.25, -0.2) is 4.98 Å². The van der Waals surface area contributed by atoms with E-state index in [1.165, 1.54) is 11.3 Å². The van der Waals surface area contributed by atoms with Crippen LogP contribution in [0.3, 0.4) is 0 Å². The Bertz CT molecular complexity index is 387. The molecule has 1 unspecified atom stereocenters. The minimum Gasteiger partial charge on any atom is -0.309 e. The number of halogens is 3. The first-order chi connectivity index (χ1) is 7.99. The maximum Gasteiger partial charge on any atom is 0.395 e. The van der Waals surface area contributed by atoms with Gasteiger partial charge in [-0.2, -0.15) is 13.2 Å². The molecule has 1 aromatic heterocycles. The van der Waals surface area contributed by atoms with Crippen molar-refractivity contribution in [1.82, 2.24) is 10.3 Å². The SMILES string of the molecule is CCNC1CCCc2nc(CC(F)(F)F)sc21. The standard InChI is InChI=1S/C11H15F3N2S/c1-2-15-7-4-3-5-8-10(7)17-9(16-8)6-11(12,13)14/h7,15H,2-6H2,1H3. The topological polar surface area (TPSA) is 24.9 Å². The summed E-state index contributed by atoms with van der Waals surface area (Å²) in [6.07, 6.45) is -2.25. The summed E-state index contributed by atoms with van der Waals surface area (Å²) in [6, 6.07) is 0.197. The molecular formula is C11H15F3N2S. The lowest BCUT2D eigenvalue weighted by Gasteiger charge is -2.21. The van der Waals surface area contributed by atoms with Gasteiger partial charge in [-0.15, -0.1) is 11.3 Å². The van der Waals surface area contributed by atoms with Gasteiger partial charge in [0.25, 0.3) is 0 Å². The normalized spacial score (nSPS) is 20.4. The minimum absolute atomic E-state index is 0.197. The lowest BCUT2D eigenvalue weighted by molar-refractivity contribution is -0.127. The molecule has 0 fully saturated rings. The van der Waals surface area contributed by atoms with Crippen LogP contribution in [-0.2, 0) is 12.8 Å². The number of hydrogen-bond donors (Lipinski definition) is 1. The predicted molar refractivity (Wildman–Crippen MR) is 61.2 cm³/mol. The number of nitrogens with one attached hydrogen (secondary N) is 1. The van der Waals surface area contributed by atoms with Crippen molar-refractivity contribution in [2.45, 2.75) is 44.8 Å². The second-order valence-corrected chi connectivity index (χ2v) is 5.33. The van der Waals surface area contributed by atoms with E-state index in [1.54, 1.807) is 0 Å². The number of rotatable bonds is 3. The first kappa shape index (κ1) is 12.8. The van der Waals surface area contributed by atoms with E-state index in [0.29, 0.717) is 0 Å². The summed E-state index contributed by atoms with van der Waals surface area (Å²) < 4.78 is 36.9. The minimum atomic E-state index is -4.16. The van der Waals surface area contributed by atoms with Crippen LogP contribution in [0.5, 0.6) is 0 Å². The number of aryl methyl sites for hydroxylation is 1. The molecule has 1 N–H and O–H groups in total. The second kappa shape index (κ2) is 4.94. The van der Waals surface area contributed by atoms with Crippen molar-refractivity contribution >= 4 is 11.3 Å². The average Bonchev–Trinajstić information content (AvgIpc) is 2.58. The highest BCUT2D eigenvalue weighted by Gasteiger charge is 2.32. The third kappa shape index (κ3) is 3.19. The number of alkyl halides is 3. The van der Waals surface area contributed by atoms with Crippen molar-refractivity contribution in [1.29, 1.82) is 0 Å². The molecule has 1 atom stereocenters. The third-order valence-corrected chi connectivity index (χ3v) is 4.01. The molecule has 1 aliphatic carbocycles. The lowest BCUT2D eigenvalue weighted by atomic mass is 9.98. The molecule has 2 nitrogen and oxygen atoms in total. The maximum atomic E-state index is 12.3. The van der Waals surface area contributed by atoms with Crippen LogP contribution in [0.4, 0.5) is 13.2 Å². The van der Waals surface area contributed by atoms with Crippen molar-refractivity contribution in [3.63, 3.8) is 0 Å². The van der Waals surface area contributed by atoms with Gasteiger partial charge in [0, 0.05) is 10.9 Å². The van der Waals surface area contributed by atoms with Gasteiger partial charge in [0.2, 0.25) is 0 Å². The van der Waals surface area contributed by atoms with Gasteiger partial charge in [0.1, 0.15) is 5.01 Å². The number of hydrogen-bond acceptors (Lipinski definition) is 3. The Morgan fingerprint density at radius 3 is 2.88 bits per heavy atom. The molecular weight excluding hydrogens is 249 g/mol. The predicted octanol–water partition coefficient (Wildman–Crippen LogP) is 3.23. The second-order valence-electron chi connectivity index (χ2n) is 4.21. The van der Waals surface area contributed by atoms with E-state index >= 15 is 0 Å². The monoisotopic (exact) mass is 264 g/mol. The highest BCUT2D eigenvalue weighted by molar-refractivity contribution is 7.11. The molecule has 17 heavy (non-hydrogen) atoms. The Morgan fingerprint density at radius 2 is 2.24 bits per heavy atom. The molecule has 0 saturated carbocycles. The summed E-state index contributed by atoms with van der Waals surface area (Å²) in [5, 5.41) is 3.51. The van der Waals surface area contributed by atoms with E-state index in [4.69, 9.17) is 0 Å². The Morgan fingerprint density at radius 1 is 1.47 bits per heavy atom. The lowest BCUT2D eigenvalue weighted by Crippen LogP contribution is -2.23. The van der Waals surface area contributed by atoms with Crippen molar-refractivity contribution in [3.05, 3.63) is 15.6 Å². The van der Waals surface area contributed by atoms with E-state index in [1.807, 2.05) is 6.92 Å². The first-order valence-electron chi connectivity index (χ1n) is 5.78. The van der Waals surface area contributed by atoms with Gasteiger partial charge in [0.15, 0.2) is 0 Å². The molecule has 0 saturated heterocycles. The van der Waals surface area contributed by atoms with Crippen LogP contribution in [-0.4, -0.2) is 17.7 Å². The fourth-order valence-electron chi connectivity index (χ4n) is 2.16. The molecule has 0 amide bonds. The summed E-state index contributed by atoms with van der Waals surface area (Å²) in [7, 11) is 0. The fraction of sp³-hybridized carbons (Fsp3) is 0.727. The molecule has 1 heterocycles. The van der Waals surface area contributed by atoms with E-state index in [-0.39, 0.29) is 11.0 Å². The van der Waals surface area contributed by atoms with Crippen LogP contribution < -0.4 is 5.32 Å². The summed E-state index contributed by atoms with van der Waals surface area (Å²) in [5.41, 5.74) is 0.867. The van der Waals surface area contributed by atoms with Crippen molar-refractivity contribution in [2.75, 3.05) is 6.54 Å². The zero-order chi connectivity index (χ0) is 12.5. The number of thiazole rings is 1. The van der Waals surface area contributed by atoms with Gasteiger partial charge in [-0.3, -0.25) is 0 Å². The van der Waals surface area contributed by atoms with E-state index < -0.39 is 12.6 Å². The highest BCUT2D eigenvalue weighted by atomic mass is 32.1. The maximum absolute atomic E-state index is 12.3. The van der Waals surface area contributed by atoms with Crippen LogP contribution in [0.15, 0.2) is 0 Å². The smallest absolute Gasteiger partial charge is 0.309 e. The largest absolute Gasteiger partial charge is 0.395 e. The summed E-state index contributed by atoms with van der Waals surface area (Å²) >= 11 is 1.22. The van der Waals surface area contributed by atoms with Gasteiger partial charge in [-0.05, 0) is 25.8 Å². The van der Waals surface area contributed by atoms with E-state index in [9.17, 15) is 13.2 Å². The van der Waals surface area contributed by atoms with Crippen LogP contribution in [0.1, 0.15) is 41.4 Å². The van der Waals surface area contributed by atoms with Crippen LogP contribution in [0.25, 0.3) is 0 Å². The number of fused-ring (bicyclic) bond motifs is 1. The Labute approximate surface area is 102 Å². The van der Waals surface area contributed by atoms with Crippen molar-refractivity contribution < 1.29 is 13.2 Å². The molecule has 2 rings (SSSR count). The number of aromatic nitrogens is 1. The van der Waals surface area contributed by atoms with Gasteiger partial charge in [0.05, 0.1) is 12.1 Å². The molecule has 0 aliphatic heterocycles. The third-order valence-electron chi connectivity index (χ3n) is 2.80. The fourth-order valence-corrected chi connectivity index (χ4v) is 3.41.